The summed E-state index contributed by atoms with van der Waals surface area (Å²) in [4.78, 5) is 2.87. The highest BCUT2D eigenvalue weighted by Crippen LogP contribution is 2.33. The number of rotatable bonds is 4. The molecule has 0 aromatic rings. The van der Waals surface area contributed by atoms with Crippen LogP contribution < -0.4 is 5.32 Å². The average molecular weight is 270 g/mol. The van der Waals surface area contributed by atoms with Crippen molar-refractivity contribution in [2.75, 3.05) is 19.3 Å². The summed E-state index contributed by atoms with van der Waals surface area (Å²) in [5, 5.41) is 4.60. The van der Waals surface area contributed by atoms with E-state index in [2.05, 4.69) is 42.1 Å². The molecule has 18 heavy (non-hydrogen) atoms. The molecule has 3 heteroatoms. The maximum atomic E-state index is 3.72. The lowest BCUT2D eigenvalue weighted by atomic mass is 9.90. The van der Waals surface area contributed by atoms with Gasteiger partial charge in [0.25, 0.3) is 0 Å². The molecule has 0 aromatic carbocycles. The van der Waals surface area contributed by atoms with Gasteiger partial charge < -0.3 is 5.32 Å². The highest BCUT2D eigenvalue weighted by Gasteiger charge is 2.36. The Balaban J connectivity index is 2.05. The van der Waals surface area contributed by atoms with E-state index in [-0.39, 0.29) is 0 Å². The fourth-order valence-corrected chi connectivity index (χ4v) is 4.69. The molecule has 4 unspecified atom stereocenters. The Kier molecular flexibility index (Phi) is 5.84. The molecule has 1 saturated carbocycles. The normalized spacial score (nSPS) is 38.8. The zero-order valence-electron chi connectivity index (χ0n) is 12.3. The third-order valence-electron chi connectivity index (χ3n) is 4.90. The second kappa shape index (κ2) is 7.16. The molecule has 2 fully saturated rings. The topological polar surface area (TPSA) is 15.3 Å². The van der Waals surface area contributed by atoms with Gasteiger partial charge in [0.15, 0.2) is 0 Å². The Hall–Kier alpha value is 0.270. The van der Waals surface area contributed by atoms with Gasteiger partial charge in [0.05, 0.1) is 0 Å². The Morgan fingerprint density at radius 2 is 1.94 bits per heavy atom. The van der Waals surface area contributed by atoms with Crippen LogP contribution in [-0.2, 0) is 0 Å². The molecule has 1 heterocycles. The zero-order chi connectivity index (χ0) is 13.0. The molecule has 1 aliphatic carbocycles. The predicted molar refractivity (Wildman–Crippen MR) is 82.4 cm³/mol. The van der Waals surface area contributed by atoms with Crippen molar-refractivity contribution in [3.63, 3.8) is 0 Å². The summed E-state index contributed by atoms with van der Waals surface area (Å²) in [5.74, 6) is 0. The van der Waals surface area contributed by atoms with Crippen LogP contribution in [0.25, 0.3) is 0 Å². The minimum atomic E-state index is 0.720. The molecule has 4 atom stereocenters. The van der Waals surface area contributed by atoms with Gasteiger partial charge in [0.1, 0.15) is 0 Å². The van der Waals surface area contributed by atoms with Crippen molar-refractivity contribution in [1.82, 2.24) is 10.2 Å². The highest BCUT2D eigenvalue weighted by molar-refractivity contribution is 7.99. The summed E-state index contributed by atoms with van der Waals surface area (Å²) in [6.45, 7) is 7.14. The average Bonchev–Trinajstić information content (AvgIpc) is 2.46. The maximum Gasteiger partial charge on any atom is 0.0222 e. The van der Waals surface area contributed by atoms with Crippen LogP contribution in [0.3, 0.4) is 0 Å². The second-order valence-corrected chi connectivity index (χ2v) is 6.98. The van der Waals surface area contributed by atoms with E-state index >= 15 is 0 Å². The van der Waals surface area contributed by atoms with Crippen LogP contribution in [0.4, 0.5) is 0 Å². The fourth-order valence-electron chi connectivity index (χ4n) is 3.68. The molecule has 1 N–H and O–H groups in total. The number of hydrogen-bond donors (Lipinski definition) is 1. The molecule has 0 bridgehead atoms. The van der Waals surface area contributed by atoms with Gasteiger partial charge in [-0.05, 0) is 31.9 Å². The third kappa shape index (κ3) is 3.23. The number of thioether (sulfide) groups is 1. The van der Waals surface area contributed by atoms with E-state index in [1.165, 1.54) is 51.6 Å². The largest absolute Gasteiger partial charge is 0.311 e. The highest BCUT2D eigenvalue weighted by atomic mass is 32.2. The van der Waals surface area contributed by atoms with Gasteiger partial charge in [0, 0.05) is 36.5 Å². The van der Waals surface area contributed by atoms with Gasteiger partial charge in [-0.1, -0.05) is 26.7 Å². The number of nitrogens with one attached hydrogen (secondary N) is 1. The summed E-state index contributed by atoms with van der Waals surface area (Å²) < 4.78 is 0. The quantitative estimate of drug-likeness (QED) is 0.845. The van der Waals surface area contributed by atoms with Crippen LogP contribution in [-0.4, -0.2) is 47.6 Å². The molecule has 0 spiro atoms. The van der Waals surface area contributed by atoms with E-state index in [9.17, 15) is 0 Å². The first-order valence-corrected chi connectivity index (χ1v) is 9.10. The molecule has 106 valence electrons. The van der Waals surface area contributed by atoms with E-state index in [0.717, 1.165) is 23.4 Å². The van der Waals surface area contributed by atoms with E-state index in [1.807, 2.05) is 0 Å². The van der Waals surface area contributed by atoms with Crippen molar-refractivity contribution in [3.8, 4) is 0 Å². The fraction of sp³-hybridized carbons (Fsp3) is 1.00. The van der Waals surface area contributed by atoms with Crippen molar-refractivity contribution in [1.29, 1.82) is 0 Å². The van der Waals surface area contributed by atoms with Gasteiger partial charge in [-0.2, -0.15) is 11.8 Å². The van der Waals surface area contributed by atoms with Crippen LogP contribution in [0.15, 0.2) is 0 Å². The maximum absolute atomic E-state index is 3.72. The lowest BCUT2D eigenvalue weighted by Crippen LogP contribution is -2.61. The van der Waals surface area contributed by atoms with E-state index in [4.69, 9.17) is 0 Å². The smallest absolute Gasteiger partial charge is 0.0222 e. The van der Waals surface area contributed by atoms with Crippen molar-refractivity contribution >= 4 is 11.8 Å². The first-order valence-electron chi connectivity index (χ1n) is 7.82. The Bertz CT molecular complexity index is 247. The monoisotopic (exact) mass is 270 g/mol. The summed E-state index contributed by atoms with van der Waals surface area (Å²) in [7, 11) is 0. The zero-order valence-corrected chi connectivity index (χ0v) is 13.1. The van der Waals surface area contributed by atoms with Crippen LogP contribution in [0, 0.1) is 0 Å². The molecule has 2 nitrogen and oxygen atoms in total. The second-order valence-electron chi connectivity index (χ2n) is 5.90. The number of hydrogen-bond acceptors (Lipinski definition) is 3. The lowest BCUT2D eigenvalue weighted by molar-refractivity contribution is 0.0621. The summed E-state index contributed by atoms with van der Waals surface area (Å²) in [6.07, 6.45) is 10.6. The predicted octanol–water partition coefficient (Wildman–Crippen LogP) is 3.12. The van der Waals surface area contributed by atoms with Gasteiger partial charge >= 0.3 is 0 Å². The van der Waals surface area contributed by atoms with Gasteiger partial charge in [-0.15, -0.1) is 0 Å². The molecule has 0 amide bonds. The summed E-state index contributed by atoms with van der Waals surface area (Å²) in [6, 6.07) is 2.33. The molecule has 1 saturated heterocycles. The van der Waals surface area contributed by atoms with Crippen LogP contribution in [0.1, 0.15) is 52.4 Å². The standard InChI is InChI=1S/C15H30N2S/c1-4-12-11-17(13(5-2)10-16-12)14-8-6-7-9-15(14)18-3/h12-16H,4-11H2,1-3H3. The first-order chi connectivity index (χ1) is 8.80. The molecular weight excluding hydrogens is 240 g/mol. The molecule has 0 radical (unpaired) electrons. The third-order valence-corrected chi connectivity index (χ3v) is 6.06. The molecule has 0 aromatic heterocycles. The van der Waals surface area contributed by atoms with Crippen molar-refractivity contribution in [3.05, 3.63) is 0 Å². The number of piperazine rings is 1. The Morgan fingerprint density at radius 3 is 2.61 bits per heavy atom. The molecule has 1 aliphatic heterocycles. The van der Waals surface area contributed by atoms with Crippen molar-refractivity contribution in [2.45, 2.75) is 75.7 Å². The van der Waals surface area contributed by atoms with Crippen molar-refractivity contribution < 1.29 is 0 Å². The van der Waals surface area contributed by atoms with Crippen LogP contribution in [0.2, 0.25) is 0 Å². The molecule has 2 aliphatic rings. The SMILES string of the molecule is CCC1CN(C2CCCCC2SC)C(CC)CN1. The van der Waals surface area contributed by atoms with E-state index < -0.39 is 0 Å². The van der Waals surface area contributed by atoms with Gasteiger partial charge in [-0.3, -0.25) is 4.90 Å². The molecule has 2 rings (SSSR count). The van der Waals surface area contributed by atoms with Crippen molar-refractivity contribution in [2.24, 2.45) is 0 Å². The van der Waals surface area contributed by atoms with E-state index in [1.54, 1.807) is 0 Å². The van der Waals surface area contributed by atoms with E-state index in [0.29, 0.717) is 0 Å². The Labute approximate surface area is 117 Å². The molecular formula is C15H30N2S. The Morgan fingerprint density at radius 1 is 1.17 bits per heavy atom. The minimum absolute atomic E-state index is 0.720. The van der Waals surface area contributed by atoms with Crippen LogP contribution in [0.5, 0.6) is 0 Å². The lowest BCUT2D eigenvalue weighted by Gasteiger charge is -2.48. The van der Waals surface area contributed by atoms with Gasteiger partial charge in [-0.25, -0.2) is 0 Å². The van der Waals surface area contributed by atoms with Gasteiger partial charge in [0.2, 0.25) is 0 Å². The van der Waals surface area contributed by atoms with Crippen LogP contribution >= 0.6 is 11.8 Å². The number of nitrogens with zero attached hydrogens (tertiary/aromatic N) is 1. The summed E-state index contributed by atoms with van der Waals surface area (Å²) >= 11 is 2.11. The summed E-state index contributed by atoms with van der Waals surface area (Å²) in [5.41, 5.74) is 0. The first kappa shape index (κ1) is 14.7. The minimum Gasteiger partial charge on any atom is -0.311 e.